The molecule has 0 saturated carbocycles. The van der Waals surface area contributed by atoms with E-state index in [0.29, 0.717) is 0 Å². The van der Waals surface area contributed by atoms with E-state index in [-0.39, 0.29) is 12.2 Å². The number of anilines is 1. The van der Waals surface area contributed by atoms with E-state index in [4.69, 9.17) is 4.74 Å². The van der Waals surface area contributed by atoms with Gasteiger partial charge < -0.3 is 9.64 Å². The predicted octanol–water partition coefficient (Wildman–Crippen LogP) is 2.30. The molecule has 0 amide bonds. The van der Waals surface area contributed by atoms with Gasteiger partial charge in [-0.1, -0.05) is 0 Å². The van der Waals surface area contributed by atoms with Gasteiger partial charge in [0.05, 0.1) is 12.2 Å². The maximum Gasteiger partial charge on any atom is 0.128 e. The second kappa shape index (κ2) is 4.65. The second-order valence-electron chi connectivity index (χ2n) is 4.00. The van der Waals surface area contributed by atoms with Crippen molar-refractivity contribution >= 4 is 28.4 Å². The Morgan fingerprint density at radius 3 is 2.53 bits per heavy atom. The molecule has 0 radical (unpaired) electrons. The van der Waals surface area contributed by atoms with Gasteiger partial charge in [-0.2, -0.15) is 0 Å². The molecule has 1 fully saturated rings. The van der Waals surface area contributed by atoms with E-state index in [1.807, 2.05) is 6.20 Å². The average Bonchev–Trinajstić information content (AvgIpc) is 2.17. The van der Waals surface area contributed by atoms with Crippen molar-refractivity contribution in [2.24, 2.45) is 0 Å². The van der Waals surface area contributed by atoms with E-state index in [1.54, 1.807) is 0 Å². The summed E-state index contributed by atoms with van der Waals surface area (Å²) in [5.41, 5.74) is 0. The highest BCUT2D eigenvalue weighted by Gasteiger charge is 2.22. The minimum absolute atomic E-state index is 0.287. The van der Waals surface area contributed by atoms with Crippen LogP contribution in [0.3, 0.4) is 0 Å². The van der Waals surface area contributed by atoms with E-state index < -0.39 is 0 Å². The van der Waals surface area contributed by atoms with Crippen molar-refractivity contribution in [2.45, 2.75) is 26.1 Å². The van der Waals surface area contributed by atoms with Gasteiger partial charge in [0.2, 0.25) is 0 Å². The number of hydrogen-bond donors (Lipinski definition) is 0. The second-order valence-corrected chi connectivity index (χ2v) is 5.24. The molecular formula is C11H15IN2O. The van der Waals surface area contributed by atoms with E-state index in [0.717, 1.165) is 18.9 Å². The first kappa shape index (κ1) is 11.1. The van der Waals surface area contributed by atoms with Crippen LogP contribution in [-0.2, 0) is 4.74 Å². The molecule has 15 heavy (non-hydrogen) atoms. The van der Waals surface area contributed by atoms with Crippen LogP contribution in [0.4, 0.5) is 5.82 Å². The van der Waals surface area contributed by atoms with Crippen LogP contribution in [0, 0.1) is 3.57 Å². The Bertz CT molecular complexity index is 318. The zero-order valence-electron chi connectivity index (χ0n) is 8.98. The molecule has 2 rings (SSSR count). The highest BCUT2D eigenvalue weighted by atomic mass is 127. The van der Waals surface area contributed by atoms with Gasteiger partial charge in [0.1, 0.15) is 5.82 Å². The maximum absolute atomic E-state index is 5.69. The number of pyridine rings is 1. The van der Waals surface area contributed by atoms with Crippen molar-refractivity contribution in [3.05, 3.63) is 21.9 Å². The van der Waals surface area contributed by atoms with Crippen molar-refractivity contribution in [3.63, 3.8) is 0 Å². The number of halogens is 1. The first-order valence-electron chi connectivity index (χ1n) is 5.17. The van der Waals surface area contributed by atoms with Gasteiger partial charge in [0, 0.05) is 22.9 Å². The van der Waals surface area contributed by atoms with E-state index in [2.05, 4.69) is 58.5 Å². The molecule has 2 atom stereocenters. The number of morpholine rings is 1. The summed E-state index contributed by atoms with van der Waals surface area (Å²) in [6.45, 7) is 6.07. The summed E-state index contributed by atoms with van der Waals surface area (Å²) in [6, 6.07) is 4.17. The third-order valence-corrected chi connectivity index (χ3v) is 3.09. The first-order valence-corrected chi connectivity index (χ1v) is 6.25. The van der Waals surface area contributed by atoms with Gasteiger partial charge in [0.25, 0.3) is 0 Å². The number of hydrogen-bond acceptors (Lipinski definition) is 3. The van der Waals surface area contributed by atoms with Crippen LogP contribution in [0.15, 0.2) is 18.3 Å². The number of rotatable bonds is 1. The fourth-order valence-electron chi connectivity index (χ4n) is 1.92. The summed E-state index contributed by atoms with van der Waals surface area (Å²) in [5.74, 6) is 1.05. The van der Waals surface area contributed by atoms with E-state index in [9.17, 15) is 0 Å². The molecule has 0 aliphatic carbocycles. The predicted molar refractivity (Wildman–Crippen MR) is 69.2 cm³/mol. The monoisotopic (exact) mass is 318 g/mol. The zero-order chi connectivity index (χ0) is 10.8. The van der Waals surface area contributed by atoms with Crippen molar-refractivity contribution in [1.82, 2.24) is 4.98 Å². The SMILES string of the molecule is CC1CN(c2ccc(I)cn2)CC(C)O1. The highest BCUT2D eigenvalue weighted by Crippen LogP contribution is 2.18. The molecule has 0 N–H and O–H groups in total. The van der Waals surface area contributed by atoms with E-state index >= 15 is 0 Å². The molecule has 1 aromatic rings. The molecule has 4 heteroatoms. The van der Waals surface area contributed by atoms with Crippen molar-refractivity contribution < 1.29 is 4.74 Å². The summed E-state index contributed by atoms with van der Waals surface area (Å²) in [4.78, 5) is 6.72. The van der Waals surface area contributed by atoms with Crippen LogP contribution in [0.5, 0.6) is 0 Å². The Hall–Kier alpha value is -0.360. The largest absolute Gasteiger partial charge is 0.372 e. The highest BCUT2D eigenvalue weighted by molar-refractivity contribution is 14.1. The molecule has 0 spiro atoms. The lowest BCUT2D eigenvalue weighted by Gasteiger charge is -2.36. The Morgan fingerprint density at radius 1 is 1.33 bits per heavy atom. The smallest absolute Gasteiger partial charge is 0.128 e. The topological polar surface area (TPSA) is 25.4 Å². The van der Waals surface area contributed by atoms with Gasteiger partial charge in [0.15, 0.2) is 0 Å². The Balaban J connectivity index is 2.12. The van der Waals surface area contributed by atoms with Gasteiger partial charge in [-0.15, -0.1) is 0 Å². The summed E-state index contributed by atoms with van der Waals surface area (Å²) >= 11 is 2.27. The normalized spacial score (nSPS) is 26.7. The third-order valence-electron chi connectivity index (χ3n) is 2.46. The van der Waals surface area contributed by atoms with Gasteiger partial charge in [-0.25, -0.2) is 4.98 Å². The Labute approximate surface area is 104 Å². The van der Waals surface area contributed by atoms with Crippen LogP contribution in [0.2, 0.25) is 0 Å². The van der Waals surface area contributed by atoms with Crippen molar-refractivity contribution in [2.75, 3.05) is 18.0 Å². The van der Waals surface area contributed by atoms with Crippen LogP contribution in [0.1, 0.15) is 13.8 Å². The van der Waals surface area contributed by atoms with Gasteiger partial charge in [-0.3, -0.25) is 0 Å². The molecule has 2 heterocycles. The lowest BCUT2D eigenvalue weighted by Crippen LogP contribution is -2.45. The minimum Gasteiger partial charge on any atom is -0.372 e. The average molecular weight is 318 g/mol. The molecule has 1 aliphatic rings. The summed E-state index contributed by atoms with van der Waals surface area (Å²) in [7, 11) is 0. The molecule has 1 saturated heterocycles. The standard InChI is InChI=1S/C11H15IN2O/c1-8-6-14(7-9(2)15-8)11-4-3-10(12)5-13-11/h3-5,8-9H,6-7H2,1-2H3. The Morgan fingerprint density at radius 2 is 2.00 bits per heavy atom. The fourth-order valence-corrected chi connectivity index (χ4v) is 2.24. The van der Waals surface area contributed by atoms with Crippen LogP contribution >= 0.6 is 22.6 Å². The van der Waals surface area contributed by atoms with Gasteiger partial charge in [-0.05, 0) is 48.6 Å². The third kappa shape index (κ3) is 2.81. The molecule has 1 aliphatic heterocycles. The maximum atomic E-state index is 5.69. The first-order chi connectivity index (χ1) is 7.15. The van der Waals surface area contributed by atoms with Crippen LogP contribution in [0.25, 0.3) is 0 Å². The van der Waals surface area contributed by atoms with Crippen LogP contribution in [-0.4, -0.2) is 30.3 Å². The van der Waals surface area contributed by atoms with Crippen LogP contribution < -0.4 is 4.90 Å². The lowest BCUT2D eigenvalue weighted by molar-refractivity contribution is -0.00545. The minimum atomic E-state index is 0.287. The molecular weight excluding hydrogens is 303 g/mol. The Kier molecular flexibility index (Phi) is 3.45. The van der Waals surface area contributed by atoms with Crippen molar-refractivity contribution in [1.29, 1.82) is 0 Å². The number of nitrogens with zero attached hydrogens (tertiary/aromatic N) is 2. The van der Waals surface area contributed by atoms with Crippen molar-refractivity contribution in [3.8, 4) is 0 Å². The summed E-state index contributed by atoms with van der Waals surface area (Å²) in [5, 5.41) is 0. The molecule has 2 unspecified atom stereocenters. The molecule has 82 valence electrons. The summed E-state index contributed by atoms with van der Waals surface area (Å²) < 4.78 is 6.86. The quantitative estimate of drug-likeness (QED) is 0.743. The van der Waals surface area contributed by atoms with Gasteiger partial charge >= 0.3 is 0 Å². The fraction of sp³-hybridized carbons (Fsp3) is 0.545. The molecule has 1 aromatic heterocycles. The molecule has 0 bridgehead atoms. The number of aromatic nitrogens is 1. The summed E-state index contributed by atoms with van der Waals surface area (Å²) in [6.07, 6.45) is 2.48. The zero-order valence-corrected chi connectivity index (χ0v) is 11.1. The number of ether oxygens (including phenoxy) is 1. The van der Waals surface area contributed by atoms with E-state index in [1.165, 1.54) is 3.57 Å². The molecule has 0 aromatic carbocycles. The lowest BCUT2D eigenvalue weighted by atomic mass is 10.2. The molecule has 3 nitrogen and oxygen atoms in total.